The third-order valence-electron chi connectivity index (χ3n) is 3.64. The number of phenolic OH excluding ortho intramolecular Hbond substituents is 1. The van der Waals surface area contributed by atoms with E-state index in [0.29, 0.717) is 23.7 Å². The van der Waals surface area contributed by atoms with Gasteiger partial charge in [0, 0.05) is 0 Å². The molecule has 0 bridgehead atoms. The van der Waals surface area contributed by atoms with Crippen LogP contribution in [0.4, 0.5) is 0 Å². The van der Waals surface area contributed by atoms with E-state index in [1.807, 2.05) is 26.8 Å². The summed E-state index contributed by atoms with van der Waals surface area (Å²) in [7, 11) is 0. The molecule has 1 amide bonds. The first-order chi connectivity index (χ1) is 10.4. The molecular weight excluding hydrogens is 278 g/mol. The number of nitrogens with two attached hydrogens (primary N) is 1. The standard InChI is InChI=1S/C18H21NO3/c1-11(2)15-9-13(12(3)8-16(15)20)10-22-17-7-5-4-6-14(17)18(19)21/h4-9,11,20H,10H2,1-3H3,(H2,19,21). The number of primary amides is 1. The molecule has 0 aliphatic heterocycles. The topological polar surface area (TPSA) is 72.6 Å². The average Bonchev–Trinajstić information content (AvgIpc) is 2.46. The van der Waals surface area contributed by atoms with E-state index in [1.54, 1.807) is 30.3 Å². The van der Waals surface area contributed by atoms with Gasteiger partial charge in [-0.2, -0.15) is 0 Å². The first-order valence-electron chi connectivity index (χ1n) is 7.24. The molecule has 4 heteroatoms. The summed E-state index contributed by atoms with van der Waals surface area (Å²) in [5, 5.41) is 9.99. The monoisotopic (exact) mass is 299 g/mol. The van der Waals surface area contributed by atoms with E-state index in [0.717, 1.165) is 16.7 Å². The van der Waals surface area contributed by atoms with Crippen molar-refractivity contribution >= 4 is 5.91 Å². The van der Waals surface area contributed by atoms with Crippen LogP contribution in [-0.2, 0) is 6.61 Å². The molecule has 0 heterocycles. The maximum Gasteiger partial charge on any atom is 0.252 e. The van der Waals surface area contributed by atoms with Crippen LogP contribution < -0.4 is 10.5 Å². The van der Waals surface area contributed by atoms with Crippen molar-refractivity contribution in [2.24, 2.45) is 5.73 Å². The molecule has 2 aromatic carbocycles. The lowest BCUT2D eigenvalue weighted by molar-refractivity contribution is 0.0996. The molecule has 0 aliphatic carbocycles. The fourth-order valence-electron chi connectivity index (χ4n) is 2.33. The lowest BCUT2D eigenvalue weighted by Crippen LogP contribution is -2.13. The molecule has 4 nitrogen and oxygen atoms in total. The van der Waals surface area contributed by atoms with Crippen molar-refractivity contribution in [3.63, 3.8) is 0 Å². The van der Waals surface area contributed by atoms with E-state index in [4.69, 9.17) is 10.5 Å². The number of aromatic hydroxyl groups is 1. The van der Waals surface area contributed by atoms with Crippen LogP contribution in [0.5, 0.6) is 11.5 Å². The highest BCUT2D eigenvalue weighted by Gasteiger charge is 2.12. The maximum atomic E-state index is 11.4. The molecule has 0 radical (unpaired) electrons. The summed E-state index contributed by atoms with van der Waals surface area (Å²) in [6.07, 6.45) is 0. The second-order valence-corrected chi connectivity index (χ2v) is 5.64. The summed E-state index contributed by atoms with van der Waals surface area (Å²) < 4.78 is 5.76. The van der Waals surface area contributed by atoms with E-state index in [1.165, 1.54) is 0 Å². The minimum Gasteiger partial charge on any atom is -0.508 e. The number of ether oxygens (including phenoxy) is 1. The third-order valence-corrected chi connectivity index (χ3v) is 3.64. The van der Waals surface area contributed by atoms with E-state index in [2.05, 4.69) is 0 Å². The van der Waals surface area contributed by atoms with Gasteiger partial charge in [-0.3, -0.25) is 4.79 Å². The average molecular weight is 299 g/mol. The Morgan fingerprint density at radius 2 is 1.95 bits per heavy atom. The normalized spacial score (nSPS) is 10.7. The first-order valence-corrected chi connectivity index (χ1v) is 7.24. The quantitative estimate of drug-likeness (QED) is 0.887. The minimum atomic E-state index is -0.513. The number of aryl methyl sites for hydroxylation is 1. The van der Waals surface area contributed by atoms with Crippen LogP contribution in [0.25, 0.3) is 0 Å². The van der Waals surface area contributed by atoms with E-state index < -0.39 is 5.91 Å². The molecule has 2 aromatic rings. The molecule has 116 valence electrons. The van der Waals surface area contributed by atoms with Gasteiger partial charge in [-0.05, 0) is 53.8 Å². The Hall–Kier alpha value is -2.49. The van der Waals surface area contributed by atoms with Crippen LogP contribution >= 0.6 is 0 Å². The van der Waals surface area contributed by atoms with Gasteiger partial charge in [0.2, 0.25) is 0 Å². The first kappa shape index (κ1) is 15.9. The Labute approximate surface area is 130 Å². The third kappa shape index (κ3) is 3.39. The number of carbonyl (C=O) groups is 1. The molecule has 0 spiro atoms. The highest BCUT2D eigenvalue weighted by Crippen LogP contribution is 2.29. The Bertz CT molecular complexity index is 693. The summed E-state index contributed by atoms with van der Waals surface area (Å²) in [4.78, 5) is 11.4. The summed E-state index contributed by atoms with van der Waals surface area (Å²) >= 11 is 0. The Balaban J connectivity index is 2.26. The Morgan fingerprint density at radius 1 is 1.27 bits per heavy atom. The van der Waals surface area contributed by atoms with Crippen LogP contribution in [-0.4, -0.2) is 11.0 Å². The predicted molar refractivity (Wildman–Crippen MR) is 86.2 cm³/mol. The van der Waals surface area contributed by atoms with Crippen LogP contribution in [0.15, 0.2) is 36.4 Å². The SMILES string of the molecule is Cc1cc(O)c(C(C)C)cc1COc1ccccc1C(N)=O. The number of amides is 1. The molecule has 0 saturated carbocycles. The van der Waals surface area contributed by atoms with Crippen LogP contribution in [0, 0.1) is 6.92 Å². The van der Waals surface area contributed by atoms with E-state index in [-0.39, 0.29) is 5.92 Å². The smallest absolute Gasteiger partial charge is 0.252 e. The van der Waals surface area contributed by atoms with Crippen molar-refractivity contribution in [3.05, 3.63) is 58.7 Å². The van der Waals surface area contributed by atoms with Crippen molar-refractivity contribution in [3.8, 4) is 11.5 Å². The summed E-state index contributed by atoms with van der Waals surface area (Å²) in [6.45, 7) is 6.29. The van der Waals surface area contributed by atoms with Gasteiger partial charge in [0.1, 0.15) is 18.1 Å². The molecule has 0 unspecified atom stereocenters. The van der Waals surface area contributed by atoms with Crippen LogP contribution in [0.3, 0.4) is 0 Å². The van der Waals surface area contributed by atoms with Crippen LogP contribution in [0.2, 0.25) is 0 Å². The van der Waals surface area contributed by atoms with Gasteiger partial charge in [0.05, 0.1) is 5.56 Å². The number of carbonyl (C=O) groups excluding carboxylic acids is 1. The number of hydrogen-bond acceptors (Lipinski definition) is 3. The minimum absolute atomic E-state index is 0.220. The fourth-order valence-corrected chi connectivity index (χ4v) is 2.33. The second kappa shape index (κ2) is 6.52. The molecular formula is C18H21NO3. The lowest BCUT2D eigenvalue weighted by atomic mass is 9.97. The highest BCUT2D eigenvalue weighted by atomic mass is 16.5. The highest BCUT2D eigenvalue weighted by molar-refractivity contribution is 5.95. The number of phenols is 1. The van der Waals surface area contributed by atoms with E-state index >= 15 is 0 Å². The fraction of sp³-hybridized carbons (Fsp3) is 0.278. The molecule has 3 N–H and O–H groups in total. The van der Waals surface area contributed by atoms with Crippen molar-refractivity contribution in [1.29, 1.82) is 0 Å². The van der Waals surface area contributed by atoms with E-state index in [9.17, 15) is 9.90 Å². The molecule has 0 fully saturated rings. The summed E-state index contributed by atoms with van der Waals surface area (Å²) in [6, 6.07) is 10.6. The molecule has 0 aliphatic rings. The summed E-state index contributed by atoms with van der Waals surface area (Å²) in [5.41, 5.74) is 8.51. The Morgan fingerprint density at radius 3 is 2.59 bits per heavy atom. The van der Waals surface area contributed by atoms with Gasteiger partial charge < -0.3 is 15.6 Å². The number of benzene rings is 2. The molecule has 0 saturated heterocycles. The van der Waals surface area contributed by atoms with Gasteiger partial charge in [0.25, 0.3) is 5.91 Å². The van der Waals surface area contributed by atoms with Gasteiger partial charge in [-0.1, -0.05) is 26.0 Å². The van der Waals surface area contributed by atoms with Gasteiger partial charge in [-0.15, -0.1) is 0 Å². The molecule has 0 aromatic heterocycles. The van der Waals surface area contributed by atoms with Crippen molar-refractivity contribution < 1.29 is 14.6 Å². The predicted octanol–water partition coefficient (Wildman–Crippen LogP) is 3.50. The van der Waals surface area contributed by atoms with Crippen molar-refractivity contribution in [2.45, 2.75) is 33.3 Å². The van der Waals surface area contributed by atoms with Crippen molar-refractivity contribution in [2.75, 3.05) is 0 Å². The van der Waals surface area contributed by atoms with Crippen LogP contribution in [0.1, 0.15) is 46.8 Å². The van der Waals surface area contributed by atoms with Gasteiger partial charge in [-0.25, -0.2) is 0 Å². The molecule has 0 atom stereocenters. The zero-order valence-electron chi connectivity index (χ0n) is 13.1. The number of para-hydroxylation sites is 1. The summed E-state index contributed by atoms with van der Waals surface area (Å²) in [5.74, 6) is 0.473. The molecule has 22 heavy (non-hydrogen) atoms. The number of hydrogen-bond donors (Lipinski definition) is 2. The lowest BCUT2D eigenvalue weighted by Gasteiger charge is -2.15. The molecule has 2 rings (SSSR count). The second-order valence-electron chi connectivity index (χ2n) is 5.64. The number of rotatable bonds is 5. The Kier molecular flexibility index (Phi) is 4.71. The van der Waals surface area contributed by atoms with Gasteiger partial charge in [0.15, 0.2) is 0 Å². The zero-order chi connectivity index (χ0) is 16.3. The maximum absolute atomic E-state index is 11.4. The van der Waals surface area contributed by atoms with Gasteiger partial charge >= 0.3 is 0 Å². The van der Waals surface area contributed by atoms with Crippen molar-refractivity contribution in [1.82, 2.24) is 0 Å². The zero-order valence-corrected chi connectivity index (χ0v) is 13.1. The largest absolute Gasteiger partial charge is 0.508 e.